The van der Waals surface area contributed by atoms with E-state index in [1.807, 2.05) is 0 Å². The molecule has 5 nitrogen and oxygen atoms in total. The number of carbonyl (C=O) groups is 1. The Bertz CT molecular complexity index is 313. The van der Waals surface area contributed by atoms with Crippen LogP contribution in [0.3, 0.4) is 0 Å². The van der Waals surface area contributed by atoms with E-state index in [1.165, 1.54) is 18.7 Å². The van der Waals surface area contributed by atoms with Gasteiger partial charge in [0.05, 0.1) is 5.56 Å². The van der Waals surface area contributed by atoms with Gasteiger partial charge in [0.25, 0.3) is 5.91 Å². The topological polar surface area (TPSA) is 80.9 Å². The second kappa shape index (κ2) is 3.10. The molecule has 3 N–H and O–H groups in total. The molecule has 1 saturated carbocycles. The lowest BCUT2D eigenvalue weighted by Gasteiger charge is -2.01. The molecule has 0 aromatic carbocycles. The zero-order chi connectivity index (χ0) is 9.26. The fraction of sp³-hybridized carbons (Fsp3) is 0.375. The first-order valence-electron chi connectivity index (χ1n) is 4.09. The quantitative estimate of drug-likeness (QED) is 0.627. The van der Waals surface area contributed by atoms with Gasteiger partial charge in [0.15, 0.2) is 0 Å². The highest BCUT2D eigenvalue weighted by Gasteiger charge is 2.34. The van der Waals surface area contributed by atoms with Gasteiger partial charge < -0.3 is 11.1 Å². The Balaban J connectivity index is 1.98. The SMILES string of the molecule is NC1CC1NC(=O)c1cncnc1. The summed E-state index contributed by atoms with van der Waals surface area (Å²) < 4.78 is 0. The molecule has 1 aliphatic carbocycles. The molecule has 0 spiro atoms. The lowest BCUT2D eigenvalue weighted by Crippen LogP contribution is -2.29. The van der Waals surface area contributed by atoms with Gasteiger partial charge in [0.1, 0.15) is 6.33 Å². The van der Waals surface area contributed by atoms with Crippen LogP contribution in [0, 0.1) is 0 Å². The van der Waals surface area contributed by atoms with Crippen LogP contribution in [-0.4, -0.2) is 28.0 Å². The molecule has 0 radical (unpaired) electrons. The summed E-state index contributed by atoms with van der Waals surface area (Å²) in [6.07, 6.45) is 5.21. The third kappa shape index (κ3) is 1.81. The first-order valence-corrected chi connectivity index (χ1v) is 4.09. The Morgan fingerprint density at radius 3 is 2.69 bits per heavy atom. The molecule has 2 unspecified atom stereocenters. The zero-order valence-electron chi connectivity index (χ0n) is 6.97. The third-order valence-corrected chi connectivity index (χ3v) is 1.98. The third-order valence-electron chi connectivity index (χ3n) is 1.98. The number of hydrogen-bond donors (Lipinski definition) is 2. The van der Waals surface area contributed by atoms with E-state index >= 15 is 0 Å². The van der Waals surface area contributed by atoms with Gasteiger partial charge in [0.2, 0.25) is 0 Å². The number of hydrogen-bond acceptors (Lipinski definition) is 4. The number of aromatic nitrogens is 2. The standard InChI is InChI=1S/C8H10N4O/c9-6-1-7(6)12-8(13)5-2-10-4-11-3-5/h2-4,6-7H,1,9H2,(H,12,13). The van der Waals surface area contributed by atoms with Crippen LogP contribution in [0.2, 0.25) is 0 Å². The molecule has 0 aliphatic heterocycles. The lowest BCUT2D eigenvalue weighted by atomic mass is 10.3. The monoisotopic (exact) mass is 178 g/mol. The number of nitrogens with two attached hydrogens (primary N) is 1. The van der Waals surface area contributed by atoms with Gasteiger partial charge in [0, 0.05) is 24.5 Å². The van der Waals surface area contributed by atoms with Crippen LogP contribution in [0.25, 0.3) is 0 Å². The normalized spacial score (nSPS) is 25.3. The van der Waals surface area contributed by atoms with Gasteiger partial charge in [-0.05, 0) is 6.42 Å². The van der Waals surface area contributed by atoms with Crippen LogP contribution < -0.4 is 11.1 Å². The van der Waals surface area contributed by atoms with Gasteiger partial charge in [-0.3, -0.25) is 4.79 Å². The predicted molar refractivity (Wildman–Crippen MR) is 45.9 cm³/mol. The molecule has 1 aliphatic rings. The summed E-state index contributed by atoms with van der Waals surface area (Å²) >= 11 is 0. The minimum atomic E-state index is -0.154. The van der Waals surface area contributed by atoms with E-state index in [1.54, 1.807) is 0 Å². The second-order valence-corrected chi connectivity index (χ2v) is 3.11. The minimum absolute atomic E-state index is 0.119. The molecular formula is C8H10N4O. The van der Waals surface area contributed by atoms with Gasteiger partial charge >= 0.3 is 0 Å². The number of amides is 1. The van der Waals surface area contributed by atoms with Gasteiger partial charge in [-0.25, -0.2) is 9.97 Å². The van der Waals surface area contributed by atoms with Crippen LogP contribution in [0.5, 0.6) is 0 Å². The Kier molecular flexibility index (Phi) is 1.94. The van der Waals surface area contributed by atoms with Crippen molar-refractivity contribution in [3.63, 3.8) is 0 Å². The Morgan fingerprint density at radius 1 is 1.54 bits per heavy atom. The molecule has 13 heavy (non-hydrogen) atoms. The second-order valence-electron chi connectivity index (χ2n) is 3.11. The molecule has 68 valence electrons. The summed E-state index contributed by atoms with van der Waals surface area (Å²) in [7, 11) is 0. The number of nitrogens with one attached hydrogen (secondary N) is 1. The van der Waals surface area contributed by atoms with Crippen LogP contribution in [-0.2, 0) is 0 Å². The van der Waals surface area contributed by atoms with Crippen molar-refractivity contribution >= 4 is 5.91 Å². The van der Waals surface area contributed by atoms with E-state index in [-0.39, 0.29) is 18.0 Å². The Hall–Kier alpha value is -1.49. The van der Waals surface area contributed by atoms with Gasteiger partial charge in [-0.1, -0.05) is 0 Å². The van der Waals surface area contributed by atoms with E-state index in [2.05, 4.69) is 15.3 Å². The van der Waals surface area contributed by atoms with Crippen molar-refractivity contribution in [1.82, 2.24) is 15.3 Å². The van der Waals surface area contributed by atoms with Crippen LogP contribution in [0.4, 0.5) is 0 Å². The smallest absolute Gasteiger partial charge is 0.254 e. The molecule has 1 aromatic heterocycles. The van der Waals surface area contributed by atoms with E-state index in [0.29, 0.717) is 5.56 Å². The maximum atomic E-state index is 11.4. The largest absolute Gasteiger partial charge is 0.348 e. The number of rotatable bonds is 2. The fourth-order valence-corrected chi connectivity index (χ4v) is 1.05. The highest BCUT2D eigenvalue weighted by molar-refractivity contribution is 5.94. The van der Waals surface area contributed by atoms with Crippen molar-refractivity contribution in [1.29, 1.82) is 0 Å². The van der Waals surface area contributed by atoms with Crippen molar-refractivity contribution in [2.75, 3.05) is 0 Å². The summed E-state index contributed by atoms with van der Waals surface area (Å²) in [6.45, 7) is 0. The highest BCUT2D eigenvalue weighted by atomic mass is 16.1. The van der Waals surface area contributed by atoms with Crippen molar-refractivity contribution in [2.45, 2.75) is 18.5 Å². The van der Waals surface area contributed by atoms with E-state index in [0.717, 1.165) is 6.42 Å². The van der Waals surface area contributed by atoms with E-state index in [9.17, 15) is 4.79 Å². The van der Waals surface area contributed by atoms with Crippen LogP contribution in [0.1, 0.15) is 16.8 Å². The fourth-order valence-electron chi connectivity index (χ4n) is 1.05. The number of carbonyl (C=O) groups excluding carboxylic acids is 1. The minimum Gasteiger partial charge on any atom is -0.348 e. The maximum absolute atomic E-state index is 11.4. The van der Waals surface area contributed by atoms with Gasteiger partial charge in [-0.15, -0.1) is 0 Å². The molecule has 2 rings (SSSR count). The first-order chi connectivity index (χ1) is 6.27. The van der Waals surface area contributed by atoms with Crippen LogP contribution >= 0.6 is 0 Å². The molecular weight excluding hydrogens is 168 g/mol. The summed E-state index contributed by atoms with van der Waals surface area (Å²) in [5, 5.41) is 2.78. The van der Waals surface area contributed by atoms with Crippen LogP contribution in [0.15, 0.2) is 18.7 Å². The predicted octanol–water partition coefficient (Wildman–Crippen LogP) is -0.694. The van der Waals surface area contributed by atoms with Crippen molar-refractivity contribution in [3.05, 3.63) is 24.3 Å². The summed E-state index contributed by atoms with van der Waals surface area (Å²) in [4.78, 5) is 18.9. The Morgan fingerprint density at radius 2 is 2.15 bits per heavy atom. The zero-order valence-corrected chi connectivity index (χ0v) is 6.97. The van der Waals surface area contributed by atoms with Crippen molar-refractivity contribution in [2.24, 2.45) is 5.73 Å². The molecule has 1 heterocycles. The van der Waals surface area contributed by atoms with Crippen molar-refractivity contribution < 1.29 is 4.79 Å². The van der Waals surface area contributed by atoms with E-state index < -0.39 is 0 Å². The maximum Gasteiger partial charge on any atom is 0.254 e. The van der Waals surface area contributed by atoms with Crippen molar-refractivity contribution in [3.8, 4) is 0 Å². The average molecular weight is 178 g/mol. The number of nitrogens with zero attached hydrogens (tertiary/aromatic N) is 2. The lowest BCUT2D eigenvalue weighted by molar-refractivity contribution is 0.0949. The summed E-state index contributed by atoms with van der Waals surface area (Å²) in [5.74, 6) is -0.154. The molecule has 0 saturated heterocycles. The summed E-state index contributed by atoms with van der Waals surface area (Å²) in [6, 6.07) is 0.251. The Labute approximate surface area is 75.4 Å². The summed E-state index contributed by atoms with van der Waals surface area (Å²) in [5.41, 5.74) is 6.02. The van der Waals surface area contributed by atoms with E-state index in [4.69, 9.17) is 5.73 Å². The molecule has 1 aromatic rings. The molecule has 1 amide bonds. The average Bonchev–Trinajstić information content (AvgIpc) is 2.83. The molecule has 1 fully saturated rings. The molecule has 2 atom stereocenters. The first kappa shape index (κ1) is 8.12. The molecule has 5 heteroatoms. The highest BCUT2D eigenvalue weighted by Crippen LogP contribution is 2.17. The molecule has 0 bridgehead atoms. The van der Waals surface area contributed by atoms with Gasteiger partial charge in [-0.2, -0.15) is 0 Å².